The number of alkyl halides is 3. The number of carbonyl (C=O) groups excluding carboxylic acids is 1. The van der Waals surface area contributed by atoms with E-state index in [0.717, 1.165) is 6.07 Å². The van der Waals surface area contributed by atoms with E-state index in [4.69, 9.17) is 11.5 Å². The molecule has 0 aromatic heterocycles. The average Bonchev–Trinajstić information content (AvgIpc) is 1.99. The smallest absolute Gasteiger partial charge is 0.398 e. The van der Waals surface area contributed by atoms with Crippen LogP contribution in [-0.4, -0.2) is 5.91 Å². The van der Waals surface area contributed by atoms with Gasteiger partial charge < -0.3 is 11.5 Å². The Kier molecular flexibility index (Phi) is 2.94. The zero-order chi connectivity index (χ0) is 11.8. The van der Waals surface area contributed by atoms with Crippen LogP contribution in [0.3, 0.4) is 0 Å². The van der Waals surface area contributed by atoms with E-state index < -0.39 is 23.2 Å². The average molecular weight is 283 g/mol. The van der Waals surface area contributed by atoms with E-state index in [2.05, 4.69) is 15.9 Å². The molecule has 1 aromatic carbocycles. The number of rotatable bonds is 1. The standard InChI is InChI=1S/C8H6BrF3N2O/c9-3-1-4(8(10,11)12)6(7(14)15)5(13)2-3/h1-2H,13H2,(H2,14,15). The van der Waals surface area contributed by atoms with Crippen molar-refractivity contribution >= 4 is 27.5 Å². The fraction of sp³-hybridized carbons (Fsp3) is 0.125. The highest BCUT2D eigenvalue weighted by molar-refractivity contribution is 9.10. The second kappa shape index (κ2) is 3.73. The van der Waals surface area contributed by atoms with Gasteiger partial charge in [-0.25, -0.2) is 0 Å². The summed E-state index contributed by atoms with van der Waals surface area (Å²) < 4.78 is 37.6. The van der Waals surface area contributed by atoms with Crippen molar-refractivity contribution in [3.8, 4) is 0 Å². The van der Waals surface area contributed by atoms with Crippen LogP contribution >= 0.6 is 15.9 Å². The van der Waals surface area contributed by atoms with Crippen LogP contribution in [-0.2, 0) is 6.18 Å². The molecule has 0 saturated heterocycles. The molecule has 15 heavy (non-hydrogen) atoms. The van der Waals surface area contributed by atoms with E-state index in [1.54, 1.807) is 0 Å². The lowest BCUT2D eigenvalue weighted by molar-refractivity contribution is -0.137. The summed E-state index contributed by atoms with van der Waals surface area (Å²) in [6.07, 6.45) is -4.66. The first kappa shape index (κ1) is 11.8. The normalized spacial score (nSPS) is 11.5. The Balaban J connectivity index is 3.54. The van der Waals surface area contributed by atoms with Crippen LogP contribution in [0.4, 0.5) is 18.9 Å². The summed E-state index contributed by atoms with van der Waals surface area (Å²) in [6.45, 7) is 0. The van der Waals surface area contributed by atoms with Crippen LogP contribution in [0, 0.1) is 0 Å². The number of hydrogen-bond acceptors (Lipinski definition) is 2. The van der Waals surface area contributed by atoms with Crippen molar-refractivity contribution < 1.29 is 18.0 Å². The van der Waals surface area contributed by atoms with E-state index in [1.807, 2.05) is 0 Å². The predicted octanol–water partition coefficient (Wildman–Crippen LogP) is 2.15. The van der Waals surface area contributed by atoms with Gasteiger partial charge >= 0.3 is 6.18 Å². The van der Waals surface area contributed by atoms with E-state index in [0.29, 0.717) is 0 Å². The number of amides is 1. The Morgan fingerprint density at radius 2 is 1.87 bits per heavy atom. The summed E-state index contributed by atoms with van der Waals surface area (Å²) in [5.74, 6) is -1.20. The molecule has 0 aliphatic rings. The number of carbonyl (C=O) groups is 1. The minimum absolute atomic E-state index is 0.136. The molecule has 1 amide bonds. The second-order valence-electron chi connectivity index (χ2n) is 2.78. The summed E-state index contributed by atoms with van der Waals surface area (Å²) >= 11 is 2.86. The predicted molar refractivity (Wildman–Crippen MR) is 52.1 cm³/mol. The van der Waals surface area contributed by atoms with Crippen molar-refractivity contribution in [1.82, 2.24) is 0 Å². The molecule has 0 fully saturated rings. The van der Waals surface area contributed by atoms with Gasteiger partial charge in [-0.15, -0.1) is 0 Å². The fourth-order valence-electron chi connectivity index (χ4n) is 1.13. The van der Waals surface area contributed by atoms with Gasteiger partial charge in [-0.05, 0) is 12.1 Å². The second-order valence-corrected chi connectivity index (χ2v) is 3.70. The zero-order valence-corrected chi connectivity index (χ0v) is 8.82. The molecular weight excluding hydrogens is 277 g/mol. The molecule has 0 unspecified atom stereocenters. The highest BCUT2D eigenvalue weighted by atomic mass is 79.9. The van der Waals surface area contributed by atoms with E-state index in [1.165, 1.54) is 6.07 Å². The summed E-state index contributed by atoms with van der Waals surface area (Å²) in [4.78, 5) is 10.8. The Hall–Kier alpha value is -1.24. The molecule has 1 aromatic rings. The van der Waals surface area contributed by atoms with E-state index >= 15 is 0 Å². The third-order valence-electron chi connectivity index (χ3n) is 1.69. The molecule has 0 heterocycles. The van der Waals surface area contributed by atoms with E-state index in [9.17, 15) is 18.0 Å². The van der Waals surface area contributed by atoms with Crippen LogP contribution in [0.15, 0.2) is 16.6 Å². The number of benzene rings is 1. The molecule has 7 heteroatoms. The Morgan fingerprint density at radius 1 is 1.33 bits per heavy atom. The lowest BCUT2D eigenvalue weighted by Gasteiger charge is -2.13. The van der Waals surface area contributed by atoms with Gasteiger partial charge in [0.15, 0.2) is 0 Å². The molecule has 4 N–H and O–H groups in total. The first-order valence-corrected chi connectivity index (χ1v) is 4.49. The van der Waals surface area contributed by atoms with Gasteiger partial charge in [0.2, 0.25) is 0 Å². The van der Waals surface area contributed by atoms with Gasteiger partial charge in [-0.3, -0.25) is 4.79 Å². The van der Waals surface area contributed by atoms with Gasteiger partial charge in [0, 0.05) is 10.2 Å². The Labute approximate surface area is 91.4 Å². The molecule has 3 nitrogen and oxygen atoms in total. The molecule has 1 rings (SSSR count). The third kappa shape index (κ3) is 2.41. The molecular formula is C8H6BrF3N2O. The van der Waals surface area contributed by atoms with Gasteiger partial charge in [0.1, 0.15) is 0 Å². The molecule has 0 aliphatic heterocycles. The van der Waals surface area contributed by atoms with Crippen molar-refractivity contribution in [1.29, 1.82) is 0 Å². The summed E-state index contributed by atoms with van der Waals surface area (Å²) in [7, 11) is 0. The van der Waals surface area contributed by atoms with Crippen molar-refractivity contribution in [2.24, 2.45) is 5.73 Å². The van der Waals surface area contributed by atoms with Crippen molar-refractivity contribution in [2.75, 3.05) is 5.73 Å². The number of primary amides is 1. The SMILES string of the molecule is NC(=O)c1c(N)cc(Br)cc1C(F)(F)F. The van der Waals surface area contributed by atoms with Crippen LogP contribution in [0.2, 0.25) is 0 Å². The van der Waals surface area contributed by atoms with E-state index in [-0.39, 0.29) is 10.2 Å². The monoisotopic (exact) mass is 282 g/mol. The summed E-state index contributed by atoms with van der Waals surface area (Å²) in [5, 5.41) is 0. The quantitative estimate of drug-likeness (QED) is 0.775. The van der Waals surface area contributed by atoms with Crippen LogP contribution in [0.5, 0.6) is 0 Å². The summed E-state index contributed by atoms with van der Waals surface area (Å²) in [5.41, 5.74) is 7.98. The number of nitrogens with two attached hydrogens (primary N) is 2. The molecule has 82 valence electrons. The number of nitrogen functional groups attached to an aromatic ring is 1. The first-order valence-electron chi connectivity index (χ1n) is 3.69. The van der Waals surface area contributed by atoms with Gasteiger partial charge in [0.25, 0.3) is 5.91 Å². The van der Waals surface area contributed by atoms with Gasteiger partial charge in [0.05, 0.1) is 11.1 Å². The van der Waals surface area contributed by atoms with Crippen molar-refractivity contribution in [2.45, 2.75) is 6.18 Å². The fourth-order valence-corrected chi connectivity index (χ4v) is 1.60. The number of halogens is 4. The summed E-state index contributed by atoms with van der Waals surface area (Å²) in [6, 6.07) is 1.95. The molecule has 0 radical (unpaired) electrons. The Bertz CT molecular complexity index is 417. The minimum atomic E-state index is -4.66. The van der Waals surface area contributed by atoms with Gasteiger partial charge in [-0.2, -0.15) is 13.2 Å². The Morgan fingerprint density at radius 3 is 2.27 bits per heavy atom. The molecule has 0 saturated carbocycles. The number of hydrogen-bond donors (Lipinski definition) is 2. The zero-order valence-electron chi connectivity index (χ0n) is 7.23. The lowest BCUT2D eigenvalue weighted by atomic mass is 10.0. The molecule has 0 atom stereocenters. The van der Waals surface area contributed by atoms with Crippen LogP contribution in [0.25, 0.3) is 0 Å². The third-order valence-corrected chi connectivity index (χ3v) is 2.14. The molecule has 0 bridgehead atoms. The topological polar surface area (TPSA) is 69.1 Å². The van der Waals surface area contributed by atoms with Crippen molar-refractivity contribution in [3.05, 3.63) is 27.7 Å². The van der Waals surface area contributed by atoms with Crippen LogP contribution in [0.1, 0.15) is 15.9 Å². The highest BCUT2D eigenvalue weighted by Gasteiger charge is 2.36. The maximum atomic E-state index is 12.5. The molecule has 0 aliphatic carbocycles. The molecule has 0 spiro atoms. The maximum absolute atomic E-state index is 12.5. The van der Waals surface area contributed by atoms with Gasteiger partial charge in [-0.1, -0.05) is 15.9 Å². The largest absolute Gasteiger partial charge is 0.417 e. The van der Waals surface area contributed by atoms with Crippen LogP contribution < -0.4 is 11.5 Å². The maximum Gasteiger partial charge on any atom is 0.417 e. The highest BCUT2D eigenvalue weighted by Crippen LogP contribution is 2.36. The first-order chi connectivity index (χ1) is 6.73. The minimum Gasteiger partial charge on any atom is -0.398 e. The number of anilines is 1. The van der Waals surface area contributed by atoms with Crippen molar-refractivity contribution in [3.63, 3.8) is 0 Å². The lowest BCUT2D eigenvalue weighted by Crippen LogP contribution is -2.20.